The number of anilines is 2. The van der Waals surface area contributed by atoms with Crippen LogP contribution in [0.2, 0.25) is 0 Å². The third-order valence-corrected chi connectivity index (χ3v) is 5.51. The Morgan fingerprint density at radius 3 is 2.70 bits per heavy atom. The van der Waals surface area contributed by atoms with Gasteiger partial charge in [-0.2, -0.15) is 0 Å². The van der Waals surface area contributed by atoms with E-state index in [1.54, 1.807) is 35.6 Å². The second-order valence-electron chi connectivity index (χ2n) is 6.90. The van der Waals surface area contributed by atoms with Gasteiger partial charge in [-0.1, -0.05) is 31.6 Å². The van der Waals surface area contributed by atoms with E-state index < -0.39 is 5.97 Å². The number of allylic oxidation sites excluding steroid dienone is 2. The van der Waals surface area contributed by atoms with Crippen LogP contribution in [-0.4, -0.2) is 21.0 Å². The third-order valence-electron chi connectivity index (χ3n) is 4.56. The predicted octanol–water partition coefficient (Wildman–Crippen LogP) is 6.50. The number of hydrogen-bond acceptors (Lipinski definition) is 5. The van der Waals surface area contributed by atoms with Gasteiger partial charge < -0.3 is 10.4 Å². The lowest BCUT2D eigenvalue weighted by Gasteiger charge is -2.14. The minimum absolute atomic E-state index is 0.244. The standard InChI is InChI=1S/C24H25N3O2S/c1-4-6-7-9-17-14-21(30-15-17)23-25-16(3)20(8-5-2)22(27-23)26-19-12-10-18(11-13-19)24(28)29/h5,7,9-15H,2,4,6,8H2,1,3H3,(H,28,29)(H,25,26,27)/b9-7+. The third kappa shape index (κ3) is 5.21. The van der Waals surface area contributed by atoms with Gasteiger partial charge in [0.2, 0.25) is 0 Å². The van der Waals surface area contributed by atoms with Gasteiger partial charge in [-0.25, -0.2) is 14.8 Å². The number of thiophene rings is 1. The molecule has 1 aromatic carbocycles. The van der Waals surface area contributed by atoms with E-state index >= 15 is 0 Å². The van der Waals surface area contributed by atoms with Crippen LogP contribution in [0, 0.1) is 6.92 Å². The minimum atomic E-state index is -0.949. The zero-order valence-electron chi connectivity index (χ0n) is 17.2. The number of nitrogens with zero attached hydrogens (tertiary/aromatic N) is 2. The first-order valence-electron chi connectivity index (χ1n) is 9.86. The highest BCUT2D eigenvalue weighted by Gasteiger charge is 2.14. The Kier molecular flexibility index (Phi) is 7.14. The van der Waals surface area contributed by atoms with Crippen molar-refractivity contribution in [3.63, 3.8) is 0 Å². The minimum Gasteiger partial charge on any atom is -0.478 e. The predicted molar refractivity (Wildman–Crippen MR) is 125 cm³/mol. The summed E-state index contributed by atoms with van der Waals surface area (Å²) in [5.74, 6) is 0.428. The average molecular weight is 420 g/mol. The number of rotatable bonds is 9. The van der Waals surface area contributed by atoms with Gasteiger partial charge in [0, 0.05) is 16.9 Å². The highest BCUT2D eigenvalue weighted by molar-refractivity contribution is 7.13. The molecule has 0 saturated carbocycles. The van der Waals surface area contributed by atoms with E-state index in [0.29, 0.717) is 18.1 Å². The molecule has 0 amide bonds. The van der Waals surface area contributed by atoms with E-state index in [9.17, 15) is 4.79 Å². The van der Waals surface area contributed by atoms with Crippen molar-refractivity contribution in [1.29, 1.82) is 0 Å². The second-order valence-corrected chi connectivity index (χ2v) is 7.81. The van der Waals surface area contributed by atoms with Crippen LogP contribution >= 0.6 is 11.3 Å². The summed E-state index contributed by atoms with van der Waals surface area (Å²) in [6.07, 6.45) is 8.96. The van der Waals surface area contributed by atoms with E-state index in [-0.39, 0.29) is 5.56 Å². The molecule has 2 heterocycles. The molecule has 0 aliphatic rings. The van der Waals surface area contributed by atoms with Crippen LogP contribution < -0.4 is 5.32 Å². The Hall–Kier alpha value is -3.25. The van der Waals surface area contributed by atoms with E-state index in [2.05, 4.69) is 42.4 Å². The molecule has 0 unspecified atom stereocenters. The van der Waals surface area contributed by atoms with Gasteiger partial charge in [0.05, 0.1) is 10.4 Å². The van der Waals surface area contributed by atoms with Gasteiger partial charge in [0.1, 0.15) is 5.82 Å². The summed E-state index contributed by atoms with van der Waals surface area (Å²) in [5.41, 5.74) is 4.02. The molecule has 3 aromatic rings. The topological polar surface area (TPSA) is 75.1 Å². The molecule has 0 saturated heterocycles. The van der Waals surface area contributed by atoms with Crippen molar-refractivity contribution < 1.29 is 9.90 Å². The van der Waals surface area contributed by atoms with E-state index in [0.717, 1.165) is 40.2 Å². The lowest BCUT2D eigenvalue weighted by Crippen LogP contribution is -2.05. The highest BCUT2D eigenvalue weighted by Crippen LogP contribution is 2.30. The molecular weight excluding hydrogens is 394 g/mol. The van der Waals surface area contributed by atoms with Crippen molar-refractivity contribution in [3.8, 4) is 10.7 Å². The summed E-state index contributed by atoms with van der Waals surface area (Å²) < 4.78 is 0. The maximum Gasteiger partial charge on any atom is 0.335 e. The van der Waals surface area contributed by atoms with E-state index in [4.69, 9.17) is 15.1 Å². The molecular formula is C24H25N3O2S. The maximum absolute atomic E-state index is 11.1. The fourth-order valence-electron chi connectivity index (χ4n) is 2.97. The van der Waals surface area contributed by atoms with Crippen LogP contribution in [0.5, 0.6) is 0 Å². The normalized spacial score (nSPS) is 11.0. The first kappa shape index (κ1) is 21.5. The quantitative estimate of drug-likeness (QED) is 0.387. The number of carbonyl (C=O) groups is 1. The molecule has 0 spiro atoms. The summed E-state index contributed by atoms with van der Waals surface area (Å²) in [6.45, 7) is 7.97. The van der Waals surface area contributed by atoms with Crippen LogP contribution in [0.4, 0.5) is 11.5 Å². The van der Waals surface area contributed by atoms with Crippen molar-refractivity contribution >= 4 is 34.9 Å². The van der Waals surface area contributed by atoms with Crippen molar-refractivity contribution in [3.05, 3.63) is 76.8 Å². The number of carboxylic acids is 1. The molecule has 0 atom stereocenters. The Bertz CT molecular complexity index is 1070. The van der Waals surface area contributed by atoms with Crippen molar-refractivity contribution in [2.45, 2.75) is 33.1 Å². The number of aryl methyl sites for hydroxylation is 1. The number of benzene rings is 1. The molecule has 0 radical (unpaired) electrons. The van der Waals surface area contributed by atoms with Gasteiger partial charge in [0.15, 0.2) is 5.82 Å². The number of aromatic carboxylic acids is 1. The Morgan fingerprint density at radius 2 is 2.03 bits per heavy atom. The molecule has 30 heavy (non-hydrogen) atoms. The Morgan fingerprint density at radius 1 is 1.27 bits per heavy atom. The van der Waals surface area contributed by atoms with Gasteiger partial charge >= 0.3 is 5.97 Å². The lowest BCUT2D eigenvalue weighted by molar-refractivity contribution is 0.0697. The van der Waals surface area contributed by atoms with Crippen molar-refractivity contribution in [1.82, 2.24) is 9.97 Å². The molecule has 5 nitrogen and oxygen atoms in total. The second kappa shape index (κ2) is 9.98. The van der Waals surface area contributed by atoms with Crippen molar-refractivity contribution in [2.24, 2.45) is 0 Å². The molecule has 154 valence electrons. The fourth-order valence-corrected chi connectivity index (χ4v) is 3.78. The molecule has 0 fully saturated rings. The Labute approximate surface area is 180 Å². The van der Waals surface area contributed by atoms with E-state index in [1.165, 1.54) is 0 Å². The average Bonchev–Trinajstić information content (AvgIpc) is 3.20. The van der Waals surface area contributed by atoms with Crippen LogP contribution in [0.15, 0.2) is 54.4 Å². The number of unbranched alkanes of at least 4 members (excludes halogenated alkanes) is 1. The molecule has 0 aliphatic heterocycles. The molecule has 0 aliphatic carbocycles. The fraction of sp³-hybridized carbons (Fsp3) is 0.208. The SMILES string of the molecule is C=CCc1c(C)nc(-c2cc(/C=C/CCC)cs2)nc1Nc1ccc(C(=O)O)cc1. The zero-order chi connectivity index (χ0) is 21.5. The summed E-state index contributed by atoms with van der Waals surface area (Å²) in [5, 5.41) is 14.5. The van der Waals surface area contributed by atoms with Crippen LogP contribution in [0.1, 0.15) is 46.9 Å². The van der Waals surface area contributed by atoms with Crippen LogP contribution in [-0.2, 0) is 6.42 Å². The highest BCUT2D eigenvalue weighted by atomic mass is 32.1. The van der Waals surface area contributed by atoms with Gasteiger partial charge in [-0.15, -0.1) is 17.9 Å². The van der Waals surface area contributed by atoms with Gasteiger partial charge in [-0.05, 0) is 61.0 Å². The summed E-state index contributed by atoms with van der Waals surface area (Å²) >= 11 is 1.62. The molecule has 0 bridgehead atoms. The van der Waals surface area contributed by atoms with E-state index in [1.807, 2.05) is 13.0 Å². The summed E-state index contributed by atoms with van der Waals surface area (Å²) in [6, 6.07) is 8.71. The van der Waals surface area contributed by atoms with Gasteiger partial charge in [-0.3, -0.25) is 0 Å². The molecule has 3 rings (SSSR count). The lowest BCUT2D eigenvalue weighted by atomic mass is 10.1. The number of hydrogen-bond donors (Lipinski definition) is 2. The largest absolute Gasteiger partial charge is 0.478 e. The summed E-state index contributed by atoms with van der Waals surface area (Å²) in [4.78, 5) is 21.6. The van der Waals surface area contributed by atoms with Crippen LogP contribution in [0.25, 0.3) is 16.8 Å². The number of nitrogens with one attached hydrogen (secondary N) is 1. The zero-order valence-corrected chi connectivity index (χ0v) is 18.0. The smallest absolute Gasteiger partial charge is 0.335 e. The first-order chi connectivity index (χ1) is 14.5. The van der Waals surface area contributed by atoms with Crippen LogP contribution in [0.3, 0.4) is 0 Å². The first-order valence-corrected chi connectivity index (χ1v) is 10.7. The Balaban J connectivity index is 1.94. The maximum atomic E-state index is 11.1. The number of carboxylic acid groups (broad SMARTS) is 1. The van der Waals surface area contributed by atoms with Crippen molar-refractivity contribution in [2.75, 3.05) is 5.32 Å². The molecule has 2 aromatic heterocycles. The summed E-state index contributed by atoms with van der Waals surface area (Å²) in [7, 11) is 0. The number of aromatic nitrogens is 2. The molecule has 2 N–H and O–H groups in total. The monoisotopic (exact) mass is 419 g/mol. The van der Waals surface area contributed by atoms with Gasteiger partial charge in [0.25, 0.3) is 0 Å². The molecule has 6 heteroatoms.